The van der Waals surface area contributed by atoms with Crippen molar-refractivity contribution in [3.63, 3.8) is 0 Å². The summed E-state index contributed by atoms with van der Waals surface area (Å²) < 4.78 is 16.5. The van der Waals surface area contributed by atoms with E-state index >= 15 is 0 Å². The van der Waals surface area contributed by atoms with E-state index < -0.39 is 0 Å². The van der Waals surface area contributed by atoms with Crippen LogP contribution in [0.1, 0.15) is 36.8 Å². The molecule has 1 aromatic carbocycles. The average Bonchev–Trinajstić information content (AvgIpc) is 2.89. The zero-order valence-electron chi connectivity index (χ0n) is 13.1. The zero-order chi connectivity index (χ0) is 15.5. The third kappa shape index (κ3) is 3.33. The highest BCUT2D eigenvalue weighted by molar-refractivity contribution is 5.86. The first kappa shape index (κ1) is 15.1. The largest absolute Gasteiger partial charge is 0.464 e. The highest BCUT2D eigenvalue weighted by Crippen LogP contribution is 2.25. The molecule has 2 atom stereocenters. The normalized spacial score (nSPS) is 21.9. The molecular weight excluding hydrogens is 280 g/mol. The van der Waals surface area contributed by atoms with Crippen LogP contribution in [0.5, 0.6) is 0 Å². The number of ether oxygens (including phenoxy) is 2. The number of esters is 1. The van der Waals surface area contributed by atoms with Crippen molar-refractivity contribution in [2.45, 2.75) is 51.2 Å². The number of aryl methyl sites for hydroxylation is 1. The van der Waals surface area contributed by atoms with E-state index in [2.05, 4.69) is 0 Å². The van der Waals surface area contributed by atoms with Gasteiger partial charge in [-0.1, -0.05) is 12.1 Å². The van der Waals surface area contributed by atoms with Gasteiger partial charge in [0, 0.05) is 24.5 Å². The summed E-state index contributed by atoms with van der Waals surface area (Å²) in [5, 5.41) is 0.987. The van der Waals surface area contributed by atoms with Crippen molar-refractivity contribution in [2.24, 2.45) is 0 Å². The van der Waals surface area contributed by atoms with Gasteiger partial charge in [0.2, 0.25) is 0 Å². The predicted octanol–water partition coefficient (Wildman–Crippen LogP) is 3.78. The van der Waals surface area contributed by atoms with E-state index in [4.69, 9.17) is 13.9 Å². The molecule has 0 saturated heterocycles. The number of benzene rings is 1. The molecule has 0 bridgehead atoms. The van der Waals surface area contributed by atoms with Crippen LogP contribution in [-0.4, -0.2) is 25.3 Å². The molecule has 4 heteroatoms. The predicted molar refractivity (Wildman–Crippen MR) is 83.8 cm³/mol. The van der Waals surface area contributed by atoms with Crippen LogP contribution < -0.4 is 0 Å². The van der Waals surface area contributed by atoms with Gasteiger partial charge in [-0.2, -0.15) is 0 Å². The smallest absolute Gasteiger partial charge is 0.310 e. The van der Waals surface area contributed by atoms with Gasteiger partial charge in [0.05, 0.1) is 18.8 Å². The molecular formula is C18H22O4. The molecule has 4 nitrogen and oxygen atoms in total. The van der Waals surface area contributed by atoms with E-state index in [1.54, 1.807) is 13.4 Å². The SMILES string of the molecule is COC1CCCC(OC(=O)Cc2coc3cc(C)ccc23)C1. The van der Waals surface area contributed by atoms with Crippen LogP contribution in [0.3, 0.4) is 0 Å². The molecule has 22 heavy (non-hydrogen) atoms. The third-order valence-electron chi connectivity index (χ3n) is 4.36. The van der Waals surface area contributed by atoms with Crippen LogP contribution in [-0.2, 0) is 20.7 Å². The van der Waals surface area contributed by atoms with Crippen LogP contribution in [0.15, 0.2) is 28.9 Å². The minimum absolute atomic E-state index is 0.0217. The van der Waals surface area contributed by atoms with Gasteiger partial charge >= 0.3 is 5.97 Å². The number of fused-ring (bicyclic) bond motifs is 1. The summed E-state index contributed by atoms with van der Waals surface area (Å²) in [4.78, 5) is 12.2. The standard InChI is InChI=1S/C18H22O4/c1-12-6-7-16-13(11-21-17(16)8-12)9-18(19)22-15-5-3-4-14(10-15)20-2/h6-8,11,14-15H,3-5,9-10H2,1-2H3. The molecule has 1 aromatic heterocycles. The summed E-state index contributed by atoms with van der Waals surface area (Å²) >= 11 is 0. The molecule has 0 N–H and O–H groups in total. The zero-order valence-corrected chi connectivity index (χ0v) is 13.1. The Morgan fingerprint density at radius 3 is 2.95 bits per heavy atom. The Morgan fingerprint density at radius 2 is 2.14 bits per heavy atom. The minimum atomic E-state index is -0.190. The number of carbonyl (C=O) groups is 1. The number of hydrogen-bond donors (Lipinski definition) is 0. The average molecular weight is 302 g/mol. The van der Waals surface area contributed by atoms with Crippen molar-refractivity contribution >= 4 is 16.9 Å². The van der Waals surface area contributed by atoms with Crippen LogP contribution in [0.4, 0.5) is 0 Å². The second-order valence-corrected chi connectivity index (χ2v) is 6.07. The Kier molecular flexibility index (Phi) is 4.48. The van der Waals surface area contributed by atoms with Crippen LogP contribution in [0.2, 0.25) is 0 Å². The summed E-state index contributed by atoms with van der Waals surface area (Å²) in [5.41, 5.74) is 2.85. The van der Waals surface area contributed by atoms with Crippen molar-refractivity contribution in [3.8, 4) is 0 Å². The molecule has 3 rings (SSSR count). The van der Waals surface area contributed by atoms with Crippen LogP contribution >= 0.6 is 0 Å². The van der Waals surface area contributed by atoms with E-state index in [1.165, 1.54) is 0 Å². The molecule has 0 spiro atoms. The van der Waals surface area contributed by atoms with Gasteiger partial charge in [-0.25, -0.2) is 0 Å². The fourth-order valence-corrected chi connectivity index (χ4v) is 3.13. The molecule has 0 aliphatic heterocycles. The summed E-state index contributed by atoms with van der Waals surface area (Å²) in [6, 6.07) is 6.00. The van der Waals surface area contributed by atoms with Crippen LogP contribution in [0.25, 0.3) is 11.0 Å². The van der Waals surface area contributed by atoms with Gasteiger partial charge in [-0.05, 0) is 37.8 Å². The number of carbonyl (C=O) groups excluding carboxylic acids is 1. The van der Waals surface area contributed by atoms with E-state index in [0.717, 1.165) is 47.8 Å². The lowest BCUT2D eigenvalue weighted by molar-refractivity contribution is -0.151. The summed E-state index contributed by atoms with van der Waals surface area (Å²) in [7, 11) is 1.72. The molecule has 1 aliphatic rings. The molecule has 2 unspecified atom stereocenters. The van der Waals surface area contributed by atoms with Gasteiger partial charge in [-0.3, -0.25) is 4.79 Å². The lowest BCUT2D eigenvalue weighted by Crippen LogP contribution is -2.29. The molecule has 1 saturated carbocycles. The highest BCUT2D eigenvalue weighted by atomic mass is 16.5. The Bertz CT molecular complexity index is 658. The third-order valence-corrected chi connectivity index (χ3v) is 4.36. The maximum atomic E-state index is 12.2. The van der Waals surface area contributed by atoms with Gasteiger partial charge < -0.3 is 13.9 Å². The van der Waals surface area contributed by atoms with Crippen molar-refractivity contribution in [2.75, 3.05) is 7.11 Å². The molecule has 0 amide bonds. The Hall–Kier alpha value is -1.81. The van der Waals surface area contributed by atoms with Gasteiger partial charge in [0.15, 0.2) is 0 Å². The number of hydrogen-bond acceptors (Lipinski definition) is 4. The summed E-state index contributed by atoms with van der Waals surface area (Å²) in [5.74, 6) is -0.190. The quantitative estimate of drug-likeness (QED) is 0.806. The van der Waals surface area contributed by atoms with Crippen molar-refractivity contribution in [1.29, 1.82) is 0 Å². The van der Waals surface area contributed by atoms with E-state index in [9.17, 15) is 4.79 Å². The molecule has 2 aromatic rings. The maximum absolute atomic E-state index is 12.2. The maximum Gasteiger partial charge on any atom is 0.310 e. The van der Waals surface area contributed by atoms with E-state index in [1.807, 2.05) is 25.1 Å². The number of rotatable bonds is 4. The molecule has 1 fully saturated rings. The lowest BCUT2D eigenvalue weighted by Gasteiger charge is -2.27. The first-order chi connectivity index (χ1) is 10.7. The van der Waals surface area contributed by atoms with Crippen molar-refractivity contribution in [1.82, 2.24) is 0 Å². The van der Waals surface area contributed by atoms with Crippen LogP contribution in [0, 0.1) is 6.92 Å². The Morgan fingerprint density at radius 1 is 1.32 bits per heavy atom. The monoisotopic (exact) mass is 302 g/mol. The van der Waals surface area contributed by atoms with Gasteiger partial charge in [0.1, 0.15) is 11.7 Å². The van der Waals surface area contributed by atoms with Gasteiger partial charge in [-0.15, -0.1) is 0 Å². The second kappa shape index (κ2) is 6.53. The van der Waals surface area contributed by atoms with Gasteiger partial charge in [0.25, 0.3) is 0 Å². The minimum Gasteiger partial charge on any atom is -0.464 e. The molecule has 1 heterocycles. The highest BCUT2D eigenvalue weighted by Gasteiger charge is 2.25. The topological polar surface area (TPSA) is 48.7 Å². The van der Waals surface area contributed by atoms with E-state index in [0.29, 0.717) is 0 Å². The Labute approximate surface area is 130 Å². The lowest BCUT2D eigenvalue weighted by atomic mass is 9.95. The fraction of sp³-hybridized carbons (Fsp3) is 0.500. The first-order valence-electron chi connectivity index (χ1n) is 7.84. The Balaban J connectivity index is 1.63. The number of furan rings is 1. The number of methoxy groups -OCH3 is 1. The molecule has 0 radical (unpaired) electrons. The first-order valence-corrected chi connectivity index (χ1v) is 7.84. The molecule has 1 aliphatic carbocycles. The van der Waals surface area contributed by atoms with Crippen molar-refractivity contribution < 1.29 is 18.7 Å². The second-order valence-electron chi connectivity index (χ2n) is 6.07. The summed E-state index contributed by atoms with van der Waals surface area (Å²) in [6.45, 7) is 2.02. The fourth-order valence-electron chi connectivity index (χ4n) is 3.13. The molecule has 118 valence electrons. The van der Waals surface area contributed by atoms with E-state index in [-0.39, 0.29) is 24.6 Å². The summed E-state index contributed by atoms with van der Waals surface area (Å²) in [6.07, 6.45) is 5.93. The van der Waals surface area contributed by atoms with Crippen molar-refractivity contribution in [3.05, 3.63) is 35.6 Å².